The first-order valence-electron chi connectivity index (χ1n) is 8.83. The fraction of sp³-hybridized carbons (Fsp3) is 0.130. The van der Waals surface area contributed by atoms with Crippen LogP contribution >= 0.6 is 0 Å². The van der Waals surface area contributed by atoms with Crippen LogP contribution in [0.1, 0.15) is 18.1 Å². The Bertz CT molecular complexity index is 1100. The van der Waals surface area contributed by atoms with Crippen molar-refractivity contribution in [3.05, 3.63) is 105 Å². The van der Waals surface area contributed by atoms with Gasteiger partial charge in [0, 0.05) is 7.05 Å². The Labute approximate surface area is 158 Å². The third-order valence-electron chi connectivity index (χ3n) is 4.08. The molecule has 4 heteroatoms. The van der Waals surface area contributed by atoms with Crippen LogP contribution in [0.5, 0.6) is 5.88 Å². The van der Waals surface area contributed by atoms with Crippen molar-refractivity contribution in [2.24, 2.45) is 7.05 Å². The molecule has 0 fully saturated rings. The number of aromatic nitrogens is 2. The third kappa shape index (κ3) is 4.61. The van der Waals surface area contributed by atoms with Gasteiger partial charge in [-0.05, 0) is 30.2 Å². The summed E-state index contributed by atoms with van der Waals surface area (Å²) in [7, 11) is 1.74. The Morgan fingerprint density at radius 3 is 2.15 bits per heavy atom. The lowest BCUT2D eigenvalue weighted by Crippen LogP contribution is -2.44. The predicted octanol–water partition coefficient (Wildman–Crippen LogP) is 2.39. The van der Waals surface area contributed by atoms with E-state index in [0.29, 0.717) is 23.2 Å². The summed E-state index contributed by atoms with van der Waals surface area (Å²) in [6.07, 6.45) is 7.50. The third-order valence-corrected chi connectivity index (χ3v) is 4.08. The van der Waals surface area contributed by atoms with Gasteiger partial charge in [0.05, 0.1) is 0 Å². The largest absolute Gasteiger partial charge is 0.472 e. The minimum atomic E-state index is -0.167. The summed E-state index contributed by atoms with van der Waals surface area (Å²) in [5, 5.41) is 0.991. The van der Waals surface area contributed by atoms with Crippen LogP contribution in [0.15, 0.2) is 77.6 Å². The molecule has 4 nitrogen and oxygen atoms in total. The average molecular weight is 358 g/mol. The maximum atomic E-state index is 12.8. The molecule has 0 aliphatic heterocycles. The van der Waals surface area contributed by atoms with Crippen LogP contribution in [-0.4, -0.2) is 16.2 Å². The molecule has 0 saturated heterocycles. The van der Waals surface area contributed by atoms with E-state index in [1.807, 2.05) is 85.8 Å². The van der Waals surface area contributed by atoms with Crippen molar-refractivity contribution >= 4 is 12.2 Å². The van der Waals surface area contributed by atoms with Gasteiger partial charge >= 0.3 is 0 Å². The molecule has 1 heterocycles. The van der Waals surface area contributed by atoms with Crippen LogP contribution in [0.25, 0.3) is 12.2 Å². The van der Waals surface area contributed by atoms with Crippen molar-refractivity contribution in [2.75, 3.05) is 6.61 Å². The van der Waals surface area contributed by atoms with Crippen LogP contribution in [0.4, 0.5) is 0 Å². The van der Waals surface area contributed by atoms with E-state index in [0.717, 1.165) is 11.1 Å². The van der Waals surface area contributed by atoms with Gasteiger partial charge < -0.3 is 9.30 Å². The van der Waals surface area contributed by atoms with Crippen LogP contribution < -0.4 is 21.0 Å². The van der Waals surface area contributed by atoms with Crippen LogP contribution in [0.3, 0.4) is 0 Å². The fourth-order valence-electron chi connectivity index (χ4n) is 2.64. The molecular formula is C23H22N2O2. The number of benzene rings is 2. The number of ether oxygens (including phenoxy) is 1. The molecule has 3 aromatic rings. The maximum Gasteiger partial charge on any atom is 0.276 e. The van der Waals surface area contributed by atoms with E-state index in [4.69, 9.17) is 4.74 Å². The van der Waals surface area contributed by atoms with Gasteiger partial charge in [-0.15, -0.1) is 0 Å². The van der Waals surface area contributed by atoms with Gasteiger partial charge in [0.15, 0.2) is 0 Å². The first kappa shape index (κ1) is 18.4. The van der Waals surface area contributed by atoms with Crippen LogP contribution in [0, 0.1) is 0 Å². The second-order valence-electron chi connectivity index (χ2n) is 6.04. The van der Waals surface area contributed by atoms with Gasteiger partial charge in [0.2, 0.25) is 5.88 Å². The Kier molecular flexibility index (Phi) is 6.00. The Morgan fingerprint density at radius 2 is 1.56 bits per heavy atom. The SMILES string of the molecule is CC=CCOc1n/c(=C\c2ccccc2)c(=O)n(C)/c1=C\c1ccccc1. The number of hydrogen-bond donors (Lipinski definition) is 0. The molecule has 0 saturated carbocycles. The van der Waals surface area contributed by atoms with Crippen molar-refractivity contribution in [2.45, 2.75) is 6.92 Å². The number of hydrogen-bond acceptors (Lipinski definition) is 3. The van der Waals surface area contributed by atoms with E-state index in [-0.39, 0.29) is 5.56 Å². The lowest BCUT2D eigenvalue weighted by molar-refractivity contribution is 0.338. The van der Waals surface area contributed by atoms with Crippen LogP contribution in [0.2, 0.25) is 0 Å². The Morgan fingerprint density at radius 1 is 0.963 bits per heavy atom. The molecule has 27 heavy (non-hydrogen) atoms. The first-order valence-corrected chi connectivity index (χ1v) is 8.83. The molecule has 0 unspecified atom stereocenters. The molecule has 0 aliphatic rings. The van der Waals surface area contributed by atoms with Crippen molar-refractivity contribution in [3.8, 4) is 5.88 Å². The van der Waals surface area contributed by atoms with E-state index in [1.54, 1.807) is 17.7 Å². The second kappa shape index (κ2) is 8.81. The van der Waals surface area contributed by atoms with Crippen molar-refractivity contribution < 1.29 is 4.74 Å². The zero-order valence-electron chi connectivity index (χ0n) is 15.5. The predicted molar refractivity (Wildman–Crippen MR) is 109 cm³/mol. The summed E-state index contributed by atoms with van der Waals surface area (Å²) in [5.74, 6) is 0.432. The van der Waals surface area contributed by atoms with E-state index in [1.165, 1.54) is 0 Å². The first-order chi connectivity index (χ1) is 13.2. The highest BCUT2D eigenvalue weighted by molar-refractivity contribution is 5.51. The molecule has 136 valence electrons. The molecule has 0 amide bonds. The highest BCUT2D eigenvalue weighted by Gasteiger charge is 2.07. The summed E-state index contributed by atoms with van der Waals surface area (Å²) in [6, 6.07) is 19.5. The molecule has 2 aromatic carbocycles. The van der Waals surface area contributed by atoms with E-state index in [9.17, 15) is 4.79 Å². The monoisotopic (exact) mass is 358 g/mol. The second-order valence-corrected chi connectivity index (χ2v) is 6.04. The van der Waals surface area contributed by atoms with Gasteiger partial charge in [-0.25, -0.2) is 4.98 Å². The molecule has 0 N–H and O–H groups in total. The van der Waals surface area contributed by atoms with E-state index >= 15 is 0 Å². The van der Waals surface area contributed by atoms with Gasteiger partial charge in [-0.2, -0.15) is 0 Å². The summed E-state index contributed by atoms with van der Waals surface area (Å²) >= 11 is 0. The van der Waals surface area contributed by atoms with Gasteiger partial charge in [0.25, 0.3) is 5.56 Å². The lowest BCUT2D eigenvalue weighted by atomic mass is 10.2. The molecule has 0 radical (unpaired) electrons. The van der Waals surface area contributed by atoms with E-state index < -0.39 is 0 Å². The summed E-state index contributed by atoms with van der Waals surface area (Å²) < 4.78 is 7.44. The summed E-state index contributed by atoms with van der Waals surface area (Å²) in [4.78, 5) is 17.4. The Hall–Kier alpha value is -3.40. The normalized spacial score (nSPS) is 12.7. The minimum absolute atomic E-state index is 0.167. The quantitative estimate of drug-likeness (QED) is 0.658. The molecule has 1 aromatic heterocycles. The van der Waals surface area contributed by atoms with Crippen molar-refractivity contribution in [3.63, 3.8) is 0 Å². The number of nitrogens with zero attached hydrogens (tertiary/aromatic N) is 2. The highest BCUT2D eigenvalue weighted by atomic mass is 16.5. The standard InChI is InChI=1S/C23H22N2O2/c1-3-4-15-27-22-21(17-19-13-9-6-10-14-19)25(2)23(26)20(24-22)16-18-11-7-5-8-12-18/h3-14,16-17H,15H2,1-2H3/b4-3?,20-16-,21-17-. The highest BCUT2D eigenvalue weighted by Crippen LogP contribution is 2.02. The summed E-state index contributed by atoms with van der Waals surface area (Å²) in [6.45, 7) is 2.32. The fourth-order valence-corrected chi connectivity index (χ4v) is 2.64. The lowest BCUT2D eigenvalue weighted by Gasteiger charge is -2.08. The van der Waals surface area contributed by atoms with E-state index in [2.05, 4.69) is 4.98 Å². The summed E-state index contributed by atoms with van der Waals surface area (Å²) in [5.41, 5.74) is 1.73. The van der Waals surface area contributed by atoms with Gasteiger partial charge in [-0.3, -0.25) is 4.79 Å². The van der Waals surface area contributed by atoms with Crippen LogP contribution in [-0.2, 0) is 7.05 Å². The molecular weight excluding hydrogens is 336 g/mol. The molecule has 3 rings (SSSR count). The molecule has 0 aliphatic carbocycles. The van der Waals surface area contributed by atoms with Crippen molar-refractivity contribution in [1.82, 2.24) is 9.55 Å². The average Bonchev–Trinajstić information content (AvgIpc) is 2.70. The number of allylic oxidation sites excluding steroid dienone is 1. The van der Waals surface area contributed by atoms with Crippen molar-refractivity contribution in [1.29, 1.82) is 0 Å². The minimum Gasteiger partial charge on any atom is -0.472 e. The van der Waals surface area contributed by atoms with Gasteiger partial charge in [0.1, 0.15) is 17.3 Å². The smallest absolute Gasteiger partial charge is 0.276 e. The zero-order valence-corrected chi connectivity index (χ0v) is 15.5. The molecule has 0 atom stereocenters. The Balaban J connectivity index is 2.21. The maximum absolute atomic E-state index is 12.8. The number of rotatable bonds is 5. The molecule has 0 bridgehead atoms. The van der Waals surface area contributed by atoms with Gasteiger partial charge in [-0.1, -0.05) is 72.8 Å². The molecule has 0 spiro atoms. The topological polar surface area (TPSA) is 44.1 Å². The zero-order chi connectivity index (χ0) is 19.1.